The first-order valence-electron chi connectivity index (χ1n) is 7.47. The molecule has 0 aliphatic heterocycles. The Hall–Kier alpha value is -0.610. The second-order valence-electron chi connectivity index (χ2n) is 5.82. The third-order valence-corrected chi connectivity index (χ3v) is 6.77. The fourth-order valence-electron chi connectivity index (χ4n) is 3.73. The van der Waals surface area contributed by atoms with Crippen molar-refractivity contribution in [2.24, 2.45) is 5.41 Å². The van der Waals surface area contributed by atoms with E-state index in [2.05, 4.69) is 50.0 Å². The number of aromatic nitrogens is 2. The lowest BCUT2D eigenvalue weighted by molar-refractivity contribution is 0.120. The summed E-state index contributed by atoms with van der Waals surface area (Å²) in [5.74, 6) is 0. The van der Waals surface area contributed by atoms with Crippen LogP contribution in [0.25, 0.3) is 0 Å². The largest absolute Gasteiger partial charge is 0.329 e. The van der Waals surface area contributed by atoms with Crippen LogP contribution in [0, 0.1) is 5.41 Å². The molecule has 20 heavy (non-hydrogen) atoms. The van der Waals surface area contributed by atoms with Crippen LogP contribution in [0.3, 0.4) is 0 Å². The Kier molecular flexibility index (Phi) is 4.32. The molecular weight excluding hydrogens is 332 g/mol. The summed E-state index contributed by atoms with van der Waals surface area (Å²) in [5.41, 5.74) is 0.381. The molecule has 0 aromatic carbocycles. The van der Waals surface area contributed by atoms with Gasteiger partial charge in [-0.1, -0.05) is 26.2 Å². The van der Waals surface area contributed by atoms with E-state index in [9.17, 15) is 0 Å². The van der Waals surface area contributed by atoms with E-state index < -0.39 is 0 Å². The van der Waals surface area contributed by atoms with Gasteiger partial charge in [-0.2, -0.15) is 0 Å². The van der Waals surface area contributed by atoms with Crippen LogP contribution < -0.4 is 0 Å². The number of halogens is 1. The van der Waals surface area contributed by atoms with Crippen molar-refractivity contribution in [2.45, 2.75) is 51.5 Å². The SMILES string of the molecule is CCC1(C(c2sccc2Br)n2ccnc2)CCCCC1. The van der Waals surface area contributed by atoms with Gasteiger partial charge in [-0.25, -0.2) is 4.98 Å². The molecule has 0 amide bonds. The Bertz CT molecular complexity index is 541. The molecule has 1 saturated carbocycles. The van der Waals surface area contributed by atoms with E-state index in [1.807, 2.05) is 23.9 Å². The van der Waals surface area contributed by atoms with Gasteiger partial charge in [-0.15, -0.1) is 11.3 Å². The number of thiophene rings is 1. The van der Waals surface area contributed by atoms with Crippen molar-refractivity contribution in [1.82, 2.24) is 9.55 Å². The van der Waals surface area contributed by atoms with Gasteiger partial charge < -0.3 is 4.57 Å². The van der Waals surface area contributed by atoms with Crippen LogP contribution in [-0.2, 0) is 0 Å². The van der Waals surface area contributed by atoms with Crippen molar-refractivity contribution in [3.05, 3.63) is 39.5 Å². The first-order chi connectivity index (χ1) is 9.77. The molecule has 2 aromatic heterocycles. The van der Waals surface area contributed by atoms with Crippen LogP contribution in [0.15, 0.2) is 34.6 Å². The minimum Gasteiger partial charge on any atom is -0.329 e. The summed E-state index contributed by atoms with van der Waals surface area (Å²) in [6.07, 6.45) is 14.0. The van der Waals surface area contributed by atoms with Gasteiger partial charge in [0, 0.05) is 21.7 Å². The lowest BCUT2D eigenvalue weighted by atomic mass is 9.67. The van der Waals surface area contributed by atoms with Gasteiger partial charge in [0.1, 0.15) is 0 Å². The molecule has 4 heteroatoms. The van der Waals surface area contributed by atoms with Gasteiger partial charge in [0.2, 0.25) is 0 Å². The van der Waals surface area contributed by atoms with Crippen molar-refractivity contribution in [3.8, 4) is 0 Å². The standard InChI is InChI=1S/C16H21BrN2S/c1-2-16(7-4-3-5-8-16)15(19-10-9-18-12-19)14-13(17)6-11-20-14/h6,9-12,15H,2-5,7-8H2,1H3. The summed E-state index contributed by atoms with van der Waals surface area (Å²) in [4.78, 5) is 5.75. The van der Waals surface area contributed by atoms with Crippen LogP contribution in [0.5, 0.6) is 0 Å². The van der Waals surface area contributed by atoms with Gasteiger partial charge in [0.25, 0.3) is 0 Å². The zero-order valence-corrected chi connectivity index (χ0v) is 14.3. The Morgan fingerprint density at radius 1 is 1.40 bits per heavy atom. The molecule has 0 bridgehead atoms. The van der Waals surface area contributed by atoms with Crippen molar-refractivity contribution in [3.63, 3.8) is 0 Å². The third kappa shape index (κ3) is 2.48. The molecule has 2 heterocycles. The molecule has 1 aliphatic rings. The molecular formula is C16H21BrN2S. The molecule has 1 unspecified atom stereocenters. The van der Waals surface area contributed by atoms with E-state index in [0.717, 1.165) is 0 Å². The quantitative estimate of drug-likeness (QED) is 0.694. The summed E-state index contributed by atoms with van der Waals surface area (Å²) < 4.78 is 3.57. The van der Waals surface area contributed by atoms with Crippen LogP contribution in [-0.4, -0.2) is 9.55 Å². The monoisotopic (exact) mass is 352 g/mol. The van der Waals surface area contributed by atoms with Crippen molar-refractivity contribution in [1.29, 1.82) is 0 Å². The average Bonchev–Trinajstić information content (AvgIpc) is 3.13. The normalized spacial score (nSPS) is 19.9. The Morgan fingerprint density at radius 3 is 2.75 bits per heavy atom. The lowest BCUT2D eigenvalue weighted by Crippen LogP contribution is -2.34. The molecule has 0 N–H and O–H groups in total. The van der Waals surface area contributed by atoms with Crippen LogP contribution >= 0.6 is 27.3 Å². The number of nitrogens with zero attached hydrogens (tertiary/aromatic N) is 2. The number of hydrogen-bond acceptors (Lipinski definition) is 2. The Morgan fingerprint density at radius 2 is 2.20 bits per heavy atom. The fourth-order valence-corrected chi connectivity index (χ4v) is 5.56. The molecule has 2 aromatic rings. The molecule has 0 spiro atoms. The molecule has 2 nitrogen and oxygen atoms in total. The molecule has 108 valence electrons. The molecule has 0 saturated heterocycles. The van der Waals surface area contributed by atoms with Gasteiger partial charge >= 0.3 is 0 Å². The van der Waals surface area contributed by atoms with Crippen molar-refractivity contribution >= 4 is 27.3 Å². The van der Waals surface area contributed by atoms with Crippen molar-refractivity contribution in [2.75, 3.05) is 0 Å². The predicted molar refractivity (Wildman–Crippen MR) is 88.2 cm³/mol. The van der Waals surface area contributed by atoms with E-state index in [1.165, 1.54) is 47.9 Å². The molecule has 1 aliphatic carbocycles. The van der Waals surface area contributed by atoms with Gasteiger partial charge in [0.15, 0.2) is 0 Å². The number of hydrogen-bond donors (Lipinski definition) is 0. The maximum Gasteiger partial charge on any atom is 0.0952 e. The zero-order valence-electron chi connectivity index (χ0n) is 11.9. The summed E-state index contributed by atoms with van der Waals surface area (Å²) in [6.45, 7) is 2.36. The van der Waals surface area contributed by atoms with Gasteiger partial charge in [0.05, 0.1) is 12.4 Å². The maximum absolute atomic E-state index is 4.30. The van der Waals surface area contributed by atoms with Crippen molar-refractivity contribution < 1.29 is 0 Å². The van der Waals surface area contributed by atoms with E-state index in [-0.39, 0.29) is 0 Å². The summed E-state index contributed by atoms with van der Waals surface area (Å²) in [5, 5.41) is 2.19. The number of rotatable bonds is 4. The second kappa shape index (κ2) is 6.02. The highest BCUT2D eigenvalue weighted by Crippen LogP contribution is 2.52. The molecule has 1 atom stereocenters. The number of imidazole rings is 1. The minimum absolute atomic E-state index is 0.381. The van der Waals surface area contributed by atoms with Crippen LogP contribution in [0.4, 0.5) is 0 Å². The highest BCUT2D eigenvalue weighted by molar-refractivity contribution is 9.10. The van der Waals surface area contributed by atoms with Gasteiger partial charge in [-0.3, -0.25) is 0 Å². The average molecular weight is 353 g/mol. The smallest absolute Gasteiger partial charge is 0.0952 e. The first-order valence-corrected chi connectivity index (χ1v) is 9.14. The van der Waals surface area contributed by atoms with Crippen LogP contribution in [0.2, 0.25) is 0 Å². The van der Waals surface area contributed by atoms with E-state index in [1.54, 1.807) is 0 Å². The van der Waals surface area contributed by atoms with Crippen LogP contribution in [0.1, 0.15) is 56.4 Å². The lowest BCUT2D eigenvalue weighted by Gasteiger charge is -2.43. The summed E-state index contributed by atoms with van der Waals surface area (Å²) >= 11 is 5.62. The fraction of sp³-hybridized carbons (Fsp3) is 0.562. The second-order valence-corrected chi connectivity index (χ2v) is 7.62. The third-order valence-electron chi connectivity index (χ3n) is 4.85. The highest BCUT2D eigenvalue weighted by Gasteiger charge is 2.41. The van der Waals surface area contributed by atoms with Gasteiger partial charge in [-0.05, 0) is 52.1 Å². The predicted octanol–water partition coefficient (Wildman–Crippen LogP) is 5.66. The summed E-state index contributed by atoms with van der Waals surface area (Å²) in [7, 11) is 0. The zero-order chi connectivity index (χ0) is 14.0. The Labute approximate surface area is 133 Å². The Balaban J connectivity index is 2.07. The maximum atomic E-state index is 4.30. The van der Waals surface area contributed by atoms with E-state index >= 15 is 0 Å². The van der Waals surface area contributed by atoms with E-state index in [0.29, 0.717) is 11.5 Å². The van der Waals surface area contributed by atoms with E-state index in [4.69, 9.17) is 0 Å². The minimum atomic E-state index is 0.381. The molecule has 0 radical (unpaired) electrons. The highest BCUT2D eigenvalue weighted by atomic mass is 79.9. The first kappa shape index (κ1) is 14.3. The molecule has 3 rings (SSSR count). The molecule has 1 fully saturated rings. The topological polar surface area (TPSA) is 17.8 Å². The summed E-state index contributed by atoms with van der Waals surface area (Å²) in [6, 6.07) is 2.60.